The molecule has 1 heterocycles. The van der Waals surface area contributed by atoms with Gasteiger partial charge in [0.1, 0.15) is 5.75 Å². The number of carbonyl (C=O) groups is 1. The van der Waals surface area contributed by atoms with Crippen molar-refractivity contribution in [3.8, 4) is 5.75 Å². The summed E-state index contributed by atoms with van der Waals surface area (Å²) in [5.74, 6) is 0.381. The highest BCUT2D eigenvalue weighted by atomic mass is 35.5. The highest BCUT2D eigenvalue weighted by molar-refractivity contribution is 7.13. The standard InChI is InChI=1S/C13H13ClN2O2S/c1-8-7-10(3-4-11(8)14)18-9(2)12(17)16-13-15-5-6-19-13/h3-7,9H,1-2H3,(H,15,16,17)/t9-/m1/s1. The summed E-state index contributed by atoms with van der Waals surface area (Å²) in [7, 11) is 0. The van der Waals surface area contributed by atoms with Crippen LogP contribution in [0.1, 0.15) is 12.5 Å². The molecule has 6 heteroatoms. The summed E-state index contributed by atoms with van der Waals surface area (Å²) in [5, 5.41) is 5.72. The number of aromatic nitrogens is 1. The molecule has 100 valence electrons. The number of hydrogen-bond donors (Lipinski definition) is 1. The Morgan fingerprint density at radius 1 is 1.53 bits per heavy atom. The van der Waals surface area contributed by atoms with Crippen LogP contribution in [0, 0.1) is 6.92 Å². The highest BCUT2D eigenvalue weighted by Crippen LogP contribution is 2.22. The molecule has 0 saturated carbocycles. The average Bonchev–Trinajstić information content (AvgIpc) is 2.86. The predicted molar refractivity (Wildman–Crippen MR) is 77.0 cm³/mol. The quantitative estimate of drug-likeness (QED) is 0.939. The van der Waals surface area contributed by atoms with E-state index < -0.39 is 6.10 Å². The molecule has 0 saturated heterocycles. The smallest absolute Gasteiger partial charge is 0.266 e. The molecular weight excluding hydrogens is 284 g/mol. The Bertz CT molecular complexity index is 572. The number of ether oxygens (including phenoxy) is 1. The summed E-state index contributed by atoms with van der Waals surface area (Å²) in [5.41, 5.74) is 0.909. The molecule has 1 amide bonds. The van der Waals surface area contributed by atoms with Crippen LogP contribution in [0.4, 0.5) is 5.13 Å². The first-order valence-corrected chi connectivity index (χ1v) is 6.95. The fourth-order valence-corrected chi connectivity index (χ4v) is 2.09. The molecule has 19 heavy (non-hydrogen) atoms. The topological polar surface area (TPSA) is 51.2 Å². The Morgan fingerprint density at radius 2 is 2.32 bits per heavy atom. The van der Waals surface area contributed by atoms with Crippen LogP contribution in [-0.2, 0) is 4.79 Å². The first-order chi connectivity index (χ1) is 9.06. The van der Waals surface area contributed by atoms with Crippen molar-refractivity contribution >= 4 is 34.0 Å². The molecule has 1 atom stereocenters. The fourth-order valence-electron chi connectivity index (χ4n) is 1.44. The molecule has 1 aromatic carbocycles. The Balaban J connectivity index is 1.98. The number of benzene rings is 1. The number of anilines is 1. The molecular formula is C13H13ClN2O2S. The minimum Gasteiger partial charge on any atom is -0.481 e. The van der Waals surface area contributed by atoms with Crippen molar-refractivity contribution in [1.29, 1.82) is 0 Å². The zero-order valence-electron chi connectivity index (χ0n) is 10.5. The van der Waals surface area contributed by atoms with Gasteiger partial charge >= 0.3 is 0 Å². The summed E-state index contributed by atoms with van der Waals surface area (Å²) in [6.45, 7) is 3.57. The summed E-state index contributed by atoms with van der Waals surface area (Å²) < 4.78 is 5.57. The molecule has 1 N–H and O–H groups in total. The Labute approximate surface area is 120 Å². The lowest BCUT2D eigenvalue weighted by molar-refractivity contribution is -0.122. The van der Waals surface area contributed by atoms with Crippen molar-refractivity contribution in [2.75, 3.05) is 5.32 Å². The molecule has 0 aliphatic carbocycles. The SMILES string of the molecule is Cc1cc(O[C@H](C)C(=O)Nc2nccs2)ccc1Cl. The van der Waals surface area contributed by atoms with E-state index in [1.54, 1.807) is 36.7 Å². The van der Waals surface area contributed by atoms with Crippen LogP contribution >= 0.6 is 22.9 Å². The van der Waals surface area contributed by atoms with Gasteiger partial charge in [-0.3, -0.25) is 10.1 Å². The van der Waals surface area contributed by atoms with Gasteiger partial charge in [0.05, 0.1) is 0 Å². The van der Waals surface area contributed by atoms with Crippen LogP contribution in [0.25, 0.3) is 0 Å². The molecule has 0 fully saturated rings. The summed E-state index contributed by atoms with van der Waals surface area (Å²) in [6.07, 6.45) is 1.03. The number of hydrogen-bond acceptors (Lipinski definition) is 4. The second kappa shape index (κ2) is 6.04. The first kappa shape index (κ1) is 13.8. The molecule has 0 bridgehead atoms. The average molecular weight is 297 g/mol. The minimum atomic E-state index is -0.607. The maximum atomic E-state index is 11.9. The van der Waals surface area contributed by atoms with Crippen molar-refractivity contribution < 1.29 is 9.53 Å². The molecule has 0 spiro atoms. The van der Waals surface area contributed by atoms with Crippen molar-refractivity contribution in [2.24, 2.45) is 0 Å². The molecule has 0 unspecified atom stereocenters. The molecule has 0 aliphatic rings. The number of carbonyl (C=O) groups excluding carboxylic acids is 1. The van der Waals surface area contributed by atoms with E-state index in [-0.39, 0.29) is 5.91 Å². The summed E-state index contributed by atoms with van der Waals surface area (Å²) in [4.78, 5) is 15.9. The van der Waals surface area contributed by atoms with Crippen LogP contribution < -0.4 is 10.1 Å². The van der Waals surface area contributed by atoms with E-state index in [9.17, 15) is 4.79 Å². The van der Waals surface area contributed by atoms with Gasteiger partial charge in [-0.25, -0.2) is 4.98 Å². The largest absolute Gasteiger partial charge is 0.481 e. The maximum absolute atomic E-state index is 11.9. The lowest BCUT2D eigenvalue weighted by Crippen LogP contribution is -2.30. The zero-order chi connectivity index (χ0) is 13.8. The molecule has 0 radical (unpaired) electrons. The number of rotatable bonds is 4. The van der Waals surface area contributed by atoms with Crippen LogP contribution in [-0.4, -0.2) is 17.0 Å². The third-order valence-corrected chi connectivity index (χ3v) is 3.59. The van der Waals surface area contributed by atoms with Gasteiger partial charge < -0.3 is 4.74 Å². The highest BCUT2D eigenvalue weighted by Gasteiger charge is 2.16. The van der Waals surface area contributed by atoms with E-state index in [1.165, 1.54) is 11.3 Å². The van der Waals surface area contributed by atoms with Crippen molar-refractivity contribution in [1.82, 2.24) is 4.98 Å². The van der Waals surface area contributed by atoms with Gasteiger partial charge in [0.15, 0.2) is 11.2 Å². The van der Waals surface area contributed by atoms with E-state index >= 15 is 0 Å². The third-order valence-electron chi connectivity index (χ3n) is 2.47. The van der Waals surface area contributed by atoms with E-state index in [0.29, 0.717) is 15.9 Å². The van der Waals surface area contributed by atoms with Crippen LogP contribution in [0.3, 0.4) is 0 Å². The molecule has 4 nitrogen and oxygen atoms in total. The van der Waals surface area contributed by atoms with Crippen molar-refractivity contribution in [3.05, 3.63) is 40.4 Å². The van der Waals surface area contributed by atoms with Gasteiger partial charge in [0.25, 0.3) is 5.91 Å². The van der Waals surface area contributed by atoms with Gasteiger partial charge in [-0.05, 0) is 37.6 Å². The normalized spacial score (nSPS) is 11.9. The van der Waals surface area contributed by atoms with E-state index in [1.807, 2.05) is 6.92 Å². The second-order valence-corrected chi connectivity index (χ2v) is 5.30. The Kier molecular flexibility index (Phi) is 4.39. The number of thiazole rings is 1. The lowest BCUT2D eigenvalue weighted by atomic mass is 10.2. The number of amides is 1. The minimum absolute atomic E-state index is 0.234. The van der Waals surface area contributed by atoms with Crippen molar-refractivity contribution in [2.45, 2.75) is 20.0 Å². The third kappa shape index (κ3) is 3.68. The molecule has 2 rings (SSSR count). The fraction of sp³-hybridized carbons (Fsp3) is 0.231. The molecule has 0 aliphatic heterocycles. The first-order valence-electron chi connectivity index (χ1n) is 5.69. The van der Waals surface area contributed by atoms with Gasteiger partial charge in [0.2, 0.25) is 0 Å². The second-order valence-electron chi connectivity index (χ2n) is 4.00. The van der Waals surface area contributed by atoms with Crippen LogP contribution in [0.2, 0.25) is 5.02 Å². The summed E-state index contributed by atoms with van der Waals surface area (Å²) in [6, 6.07) is 5.29. The predicted octanol–water partition coefficient (Wildman–Crippen LogP) is 3.51. The number of halogens is 1. The molecule has 2 aromatic rings. The number of nitrogens with zero attached hydrogens (tertiary/aromatic N) is 1. The molecule has 1 aromatic heterocycles. The van der Waals surface area contributed by atoms with Gasteiger partial charge in [-0.1, -0.05) is 11.6 Å². The van der Waals surface area contributed by atoms with E-state index in [4.69, 9.17) is 16.3 Å². The van der Waals surface area contributed by atoms with Gasteiger partial charge in [0, 0.05) is 16.6 Å². The van der Waals surface area contributed by atoms with Gasteiger partial charge in [-0.2, -0.15) is 0 Å². The van der Waals surface area contributed by atoms with Crippen LogP contribution in [0.15, 0.2) is 29.8 Å². The van der Waals surface area contributed by atoms with E-state index in [2.05, 4.69) is 10.3 Å². The zero-order valence-corrected chi connectivity index (χ0v) is 12.1. The van der Waals surface area contributed by atoms with Crippen molar-refractivity contribution in [3.63, 3.8) is 0 Å². The van der Waals surface area contributed by atoms with E-state index in [0.717, 1.165) is 5.56 Å². The number of nitrogens with one attached hydrogen (secondary N) is 1. The monoisotopic (exact) mass is 296 g/mol. The Hall–Kier alpha value is -1.59. The Morgan fingerprint density at radius 3 is 2.95 bits per heavy atom. The number of aryl methyl sites for hydroxylation is 1. The maximum Gasteiger partial charge on any atom is 0.266 e. The van der Waals surface area contributed by atoms with Crippen LogP contribution in [0.5, 0.6) is 5.75 Å². The van der Waals surface area contributed by atoms with Gasteiger partial charge in [-0.15, -0.1) is 11.3 Å². The summed E-state index contributed by atoms with van der Waals surface area (Å²) >= 11 is 7.30. The lowest BCUT2D eigenvalue weighted by Gasteiger charge is -2.14.